The number of nitrogens with one attached hydrogen (secondary N) is 1. The first-order valence-electron chi connectivity index (χ1n) is 9.08. The molecule has 0 saturated heterocycles. The number of hydrogen-bond donors (Lipinski definition) is 1. The SMILES string of the molecule is O=C(Nc1cccnc1)c1c(OCC2CC2)ccc2oc3ccccc3c12. The number of para-hydroxylation sites is 1. The number of benzene rings is 2. The van der Waals surface area contributed by atoms with Crippen LogP contribution in [0.3, 0.4) is 0 Å². The Labute approximate surface area is 156 Å². The van der Waals surface area contributed by atoms with Crippen molar-refractivity contribution in [3.63, 3.8) is 0 Å². The summed E-state index contributed by atoms with van der Waals surface area (Å²) in [5.74, 6) is 0.948. The fourth-order valence-corrected chi connectivity index (χ4v) is 3.27. The Hall–Kier alpha value is -3.34. The summed E-state index contributed by atoms with van der Waals surface area (Å²) in [6.45, 7) is 0.633. The number of ether oxygens (including phenoxy) is 1. The van der Waals surface area contributed by atoms with Gasteiger partial charge in [-0.05, 0) is 49.1 Å². The minimum Gasteiger partial charge on any atom is -0.492 e. The van der Waals surface area contributed by atoms with Gasteiger partial charge in [-0.1, -0.05) is 18.2 Å². The van der Waals surface area contributed by atoms with Crippen LogP contribution in [0.15, 0.2) is 65.3 Å². The van der Waals surface area contributed by atoms with Gasteiger partial charge in [0, 0.05) is 17.0 Å². The van der Waals surface area contributed by atoms with Crippen LogP contribution in [0.1, 0.15) is 23.2 Å². The van der Waals surface area contributed by atoms with Crippen LogP contribution in [-0.2, 0) is 0 Å². The molecule has 0 bridgehead atoms. The smallest absolute Gasteiger partial charge is 0.260 e. The first kappa shape index (κ1) is 15.9. The third-order valence-electron chi connectivity index (χ3n) is 4.82. The molecular formula is C22H18N2O3. The highest BCUT2D eigenvalue weighted by molar-refractivity contribution is 6.21. The Morgan fingerprint density at radius 2 is 2.00 bits per heavy atom. The van der Waals surface area contributed by atoms with Crippen LogP contribution >= 0.6 is 0 Å². The average Bonchev–Trinajstić information content (AvgIpc) is 3.45. The lowest BCUT2D eigenvalue weighted by Crippen LogP contribution is -2.15. The number of pyridine rings is 1. The summed E-state index contributed by atoms with van der Waals surface area (Å²) in [6.07, 6.45) is 5.67. The lowest BCUT2D eigenvalue weighted by atomic mass is 10.0. The Morgan fingerprint density at radius 1 is 1.11 bits per heavy atom. The molecule has 1 fully saturated rings. The van der Waals surface area contributed by atoms with Gasteiger partial charge in [0.05, 0.1) is 24.1 Å². The quantitative estimate of drug-likeness (QED) is 0.544. The van der Waals surface area contributed by atoms with Crippen LogP contribution in [0.4, 0.5) is 5.69 Å². The van der Waals surface area contributed by atoms with Crippen molar-refractivity contribution in [1.29, 1.82) is 0 Å². The molecule has 2 heterocycles. The predicted molar refractivity (Wildman–Crippen MR) is 104 cm³/mol. The number of fused-ring (bicyclic) bond motifs is 3. The van der Waals surface area contributed by atoms with Crippen molar-refractivity contribution in [2.24, 2.45) is 5.92 Å². The molecule has 0 radical (unpaired) electrons. The molecule has 5 nitrogen and oxygen atoms in total. The molecule has 0 unspecified atom stereocenters. The molecule has 1 aliphatic rings. The Morgan fingerprint density at radius 3 is 2.81 bits per heavy atom. The fourth-order valence-electron chi connectivity index (χ4n) is 3.27. The molecule has 1 amide bonds. The highest BCUT2D eigenvalue weighted by atomic mass is 16.5. The normalized spacial score (nSPS) is 13.8. The largest absolute Gasteiger partial charge is 0.492 e. The molecule has 0 spiro atoms. The molecule has 2 aromatic heterocycles. The molecule has 4 aromatic rings. The monoisotopic (exact) mass is 358 g/mol. The first-order chi connectivity index (χ1) is 13.3. The maximum Gasteiger partial charge on any atom is 0.260 e. The van der Waals surface area contributed by atoms with Crippen molar-refractivity contribution >= 4 is 33.5 Å². The van der Waals surface area contributed by atoms with Gasteiger partial charge in [-0.15, -0.1) is 0 Å². The molecule has 2 aromatic carbocycles. The number of rotatable bonds is 5. The van der Waals surface area contributed by atoms with Crippen LogP contribution in [-0.4, -0.2) is 17.5 Å². The number of aromatic nitrogens is 1. The van der Waals surface area contributed by atoms with Gasteiger partial charge < -0.3 is 14.5 Å². The zero-order valence-corrected chi connectivity index (χ0v) is 14.6. The highest BCUT2D eigenvalue weighted by Gasteiger charge is 2.25. The van der Waals surface area contributed by atoms with Gasteiger partial charge in [0.2, 0.25) is 0 Å². The number of furan rings is 1. The fraction of sp³-hybridized carbons (Fsp3) is 0.182. The lowest BCUT2D eigenvalue weighted by Gasteiger charge is -2.13. The van der Waals surface area contributed by atoms with Gasteiger partial charge in [-0.25, -0.2) is 0 Å². The van der Waals surface area contributed by atoms with E-state index in [1.165, 1.54) is 12.8 Å². The standard InChI is InChI=1S/C22H18N2O3/c25-22(24-15-4-3-11-23-12-15)21-18(26-13-14-7-8-14)9-10-19-20(21)16-5-1-2-6-17(16)27-19/h1-6,9-12,14H,7-8,13H2,(H,24,25). The van der Waals surface area contributed by atoms with Crippen LogP contribution in [0, 0.1) is 5.92 Å². The van der Waals surface area contributed by atoms with E-state index >= 15 is 0 Å². The van der Waals surface area contributed by atoms with Crippen LogP contribution in [0.2, 0.25) is 0 Å². The molecule has 1 N–H and O–H groups in total. The van der Waals surface area contributed by atoms with Gasteiger partial charge >= 0.3 is 0 Å². The first-order valence-corrected chi connectivity index (χ1v) is 9.08. The predicted octanol–water partition coefficient (Wildman–Crippen LogP) is 5.02. The molecule has 5 rings (SSSR count). The van der Waals surface area contributed by atoms with Gasteiger partial charge in [-0.2, -0.15) is 0 Å². The van der Waals surface area contributed by atoms with Crippen LogP contribution in [0.25, 0.3) is 21.9 Å². The summed E-state index contributed by atoms with van der Waals surface area (Å²) in [5.41, 5.74) is 2.57. The molecule has 1 saturated carbocycles. The molecule has 0 atom stereocenters. The topological polar surface area (TPSA) is 64.4 Å². The number of hydrogen-bond acceptors (Lipinski definition) is 4. The second-order valence-corrected chi connectivity index (χ2v) is 6.86. The third-order valence-corrected chi connectivity index (χ3v) is 4.82. The minimum absolute atomic E-state index is 0.231. The van der Waals surface area contributed by atoms with E-state index in [9.17, 15) is 4.79 Å². The Balaban J connectivity index is 1.65. The molecule has 27 heavy (non-hydrogen) atoms. The van der Waals surface area contributed by atoms with E-state index in [-0.39, 0.29) is 5.91 Å². The Kier molecular flexibility index (Phi) is 3.78. The van der Waals surface area contributed by atoms with E-state index in [2.05, 4.69) is 10.3 Å². The van der Waals surface area contributed by atoms with E-state index in [4.69, 9.17) is 9.15 Å². The Bertz CT molecular complexity index is 1130. The van der Waals surface area contributed by atoms with Crippen molar-refractivity contribution in [3.8, 4) is 5.75 Å². The summed E-state index contributed by atoms with van der Waals surface area (Å²) < 4.78 is 12.0. The summed E-state index contributed by atoms with van der Waals surface area (Å²) in [7, 11) is 0. The molecular weight excluding hydrogens is 340 g/mol. The summed E-state index contributed by atoms with van der Waals surface area (Å²) in [5, 5.41) is 4.61. The number of anilines is 1. The zero-order valence-electron chi connectivity index (χ0n) is 14.6. The summed E-state index contributed by atoms with van der Waals surface area (Å²) in [4.78, 5) is 17.2. The second-order valence-electron chi connectivity index (χ2n) is 6.86. The third kappa shape index (κ3) is 3.01. The summed E-state index contributed by atoms with van der Waals surface area (Å²) in [6, 6.07) is 15.0. The maximum absolute atomic E-state index is 13.2. The van der Waals surface area contributed by atoms with Gasteiger partial charge in [-0.3, -0.25) is 9.78 Å². The van der Waals surface area contributed by atoms with Crippen molar-refractivity contribution in [1.82, 2.24) is 4.98 Å². The van der Waals surface area contributed by atoms with Gasteiger partial charge in [0.1, 0.15) is 16.9 Å². The van der Waals surface area contributed by atoms with Crippen molar-refractivity contribution in [2.45, 2.75) is 12.8 Å². The number of carbonyl (C=O) groups is 1. The van der Waals surface area contributed by atoms with E-state index in [0.29, 0.717) is 35.1 Å². The molecule has 134 valence electrons. The van der Waals surface area contributed by atoms with E-state index in [0.717, 1.165) is 16.4 Å². The minimum atomic E-state index is -0.231. The van der Waals surface area contributed by atoms with E-state index in [1.54, 1.807) is 18.5 Å². The van der Waals surface area contributed by atoms with Crippen LogP contribution in [0.5, 0.6) is 5.75 Å². The number of nitrogens with zero attached hydrogens (tertiary/aromatic N) is 1. The van der Waals surface area contributed by atoms with Gasteiger partial charge in [0.15, 0.2) is 0 Å². The van der Waals surface area contributed by atoms with Crippen LogP contribution < -0.4 is 10.1 Å². The molecule has 0 aliphatic heterocycles. The van der Waals surface area contributed by atoms with Crippen molar-refractivity contribution in [3.05, 3.63) is 66.5 Å². The van der Waals surface area contributed by atoms with E-state index < -0.39 is 0 Å². The van der Waals surface area contributed by atoms with E-state index in [1.807, 2.05) is 42.5 Å². The van der Waals surface area contributed by atoms with Crippen molar-refractivity contribution in [2.75, 3.05) is 11.9 Å². The number of amides is 1. The average molecular weight is 358 g/mol. The highest BCUT2D eigenvalue weighted by Crippen LogP contribution is 2.37. The second kappa shape index (κ2) is 6.43. The number of carbonyl (C=O) groups excluding carboxylic acids is 1. The maximum atomic E-state index is 13.2. The van der Waals surface area contributed by atoms with Crippen molar-refractivity contribution < 1.29 is 13.9 Å². The van der Waals surface area contributed by atoms with Gasteiger partial charge in [0.25, 0.3) is 5.91 Å². The summed E-state index contributed by atoms with van der Waals surface area (Å²) >= 11 is 0. The lowest BCUT2D eigenvalue weighted by molar-refractivity contribution is 0.102. The zero-order chi connectivity index (χ0) is 18.2. The molecule has 1 aliphatic carbocycles. The molecule has 5 heteroatoms.